The van der Waals surface area contributed by atoms with Crippen LogP contribution in [-0.4, -0.2) is 52.1 Å². The average Bonchev–Trinajstić information content (AvgIpc) is 3.43. The number of rotatable bonds is 7. The number of anilines is 3. The molecule has 0 spiro atoms. The lowest BCUT2D eigenvalue weighted by atomic mass is 10.1. The fraction of sp³-hybridized carbons (Fsp3) is 0.375. The highest BCUT2D eigenvalue weighted by atomic mass is 16.5. The number of nitrogens with zero attached hydrogens (tertiary/aromatic N) is 2. The monoisotopic (exact) mass is 453 g/mol. The summed E-state index contributed by atoms with van der Waals surface area (Å²) in [5.74, 6) is 0.731. The van der Waals surface area contributed by atoms with Crippen molar-refractivity contribution >= 4 is 34.8 Å². The minimum Gasteiger partial charge on any atom is -0.497 e. The van der Waals surface area contributed by atoms with Gasteiger partial charge in [0.1, 0.15) is 17.2 Å². The van der Waals surface area contributed by atoms with E-state index in [-0.39, 0.29) is 30.7 Å². The zero-order valence-corrected chi connectivity index (χ0v) is 18.9. The van der Waals surface area contributed by atoms with E-state index < -0.39 is 5.92 Å². The minimum atomic E-state index is -0.528. The first-order chi connectivity index (χ1) is 15.9. The summed E-state index contributed by atoms with van der Waals surface area (Å²) in [7, 11) is 4.61. The zero-order valence-electron chi connectivity index (χ0n) is 18.9. The number of amides is 3. The lowest BCUT2D eigenvalue weighted by Gasteiger charge is -2.21. The second-order valence-electron chi connectivity index (χ2n) is 7.97. The number of methoxy groups -OCH3 is 3. The molecule has 9 nitrogen and oxygen atoms in total. The Kier molecular flexibility index (Phi) is 6.39. The van der Waals surface area contributed by atoms with Gasteiger partial charge in [0.05, 0.1) is 38.6 Å². The molecule has 2 saturated heterocycles. The molecule has 2 aromatic carbocycles. The number of hydrogen-bond donors (Lipinski definition) is 1. The van der Waals surface area contributed by atoms with Crippen LogP contribution in [0.15, 0.2) is 36.4 Å². The van der Waals surface area contributed by atoms with Crippen LogP contribution in [-0.2, 0) is 14.4 Å². The number of carbonyl (C=O) groups excluding carboxylic acids is 3. The van der Waals surface area contributed by atoms with Gasteiger partial charge in [-0.15, -0.1) is 0 Å². The van der Waals surface area contributed by atoms with Crippen molar-refractivity contribution in [3.63, 3.8) is 0 Å². The van der Waals surface area contributed by atoms with Gasteiger partial charge in [0.25, 0.3) is 0 Å². The van der Waals surface area contributed by atoms with Crippen LogP contribution in [0.2, 0.25) is 0 Å². The largest absolute Gasteiger partial charge is 0.497 e. The highest BCUT2D eigenvalue weighted by Gasteiger charge is 2.36. The lowest BCUT2D eigenvalue weighted by molar-refractivity contribution is -0.122. The Morgan fingerprint density at radius 2 is 1.70 bits per heavy atom. The molecule has 0 radical (unpaired) electrons. The first-order valence-corrected chi connectivity index (χ1v) is 10.8. The predicted octanol–water partition coefficient (Wildman–Crippen LogP) is 2.83. The van der Waals surface area contributed by atoms with E-state index in [1.807, 2.05) is 0 Å². The number of hydrogen-bond acceptors (Lipinski definition) is 6. The van der Waals surface area contributed by atoms with Gasteiger partial charge in [-0.05, 0) is 30.7 Å². The highest BCUT2D eigenvalue weighted by molar-refractivity contribution is 6.04. The SMILES string of the molecule is COc1ccc(OC)c(N2CC(C(=O)Nc3ccc(N4CCCC4=O)c(OC)c3)CC2=O)c1. The molecule has 174 valence electrons. The molecule has 2 heterocycles. The smallest absolute Gasteiger partial charge is 0.229 e. The van der Waals surface area contributed by atoms with E-state index >= 15 is 0 Å². The third-order valence-corrected chi connectivity index (χ3v) is 5.98. The molecular formula is C24H27N3O6. The molecule has 2 aliphatic rings. The molecule has 3 amide bonds. The van der Waals surface area contributed by atoms with Crippen LogP contribution in [0.4, 0.5) is 17.1 Å². The van der Waals surface area contributed by atoms with E-state index in [0.717, 1.165) is 6.42 Å². The van der Waals surface area contributed by atoms with Crippen LogP contribution in [0.5, 0.6) is 17.2 Å². The van der Waals surface area contributed by atoms with Gasteiger partial charge in [-0.2, -0.15) is 0 Å². The summed E-state index contributed by atoms with van der Waals surface area (Å²) >= 11 is 0. The first-order valence-electron chi connectivity index (χ1n) is 10.8. The van der Waals surface area contributed by atoms with Gasteiger partial charge >= 0.3 is 0 Å². The minimum absolute atomic E-state index is 0.0580. The van der Waals surface area contributed by atoms with Crippen LogP contribution in [0, 0.1) is 5.92 Å². The Bertz CT molecular complexity index is 1090. The maximum atomic E-state index is 13.0. The molecule has 2 aliphatic heterocycles. The molecule has 33 heavy (non-hydrogen) atoms. The van der Waals surface area contributed by atoms with Crippen LogP contribution >= 0.6 is 0 Å². The second-order valence-corrected chi connectivity index (χ2v) is 7.97. The van der Waals surface area contributed by atoms with E-state index in [4.69, 9.17) is 14.2 Å². The third kappa shape index (κ3) is 4.44. The van der Waals surface area contributed by atoms with Gasteiger partial charge in [-0.25, -0.2) is 0 Å². The van der Waals surface area contributed by atoms with Crippen LogP contribution in [0.1, 0.15) is 19.3 Å². The molecule has 2 aromatic rings. The first kappa shape index (κ1) is 22.4. The van der Waals surface area contributed by atoms with Gasteiger partial charge in [0.15, 0.2) is 0 Å². The number of nitrogens with one attached hydrogen (secondary N) is 1. The van der Waals surface area contributed by atoms with Crippen molar-refractivity contribution in [2.45, 2.75) is 19.3 Å². The van der Waals surface area contributed by atoms with E-state index in [2.05, 4.69) is 5.32 Å². The predicted molar refractivity (Wildman–Crippen MR) is 123 cm³/mol. The molecular weight excluding hydrogens is 426 g/mol. The summed E-state index contributed by atoms with van der Waals surface area (Å²) in [6, 6.07) is 10.4. The van der Waals surface area contributed by atoms with Crippen molar-refractivity contribution in [2.75, 3.05) is 49.5 Å². The van der Waals surface area contributed by atoms with Crippen molar-refractivity contribution < 1.29 is 28.6 Å². The van der Waals surface area contributed by atoms with Crippen LogP contribution in [0.25, 0.3) is 0 Å². The van der Waals surface area contributed by atoms with Crippen molar-refractivity contribution in [2.24, 2.45) is 5.92 Å². The van der Waals surface area contributed by atoms with E-state index in [9.17, 15) is 14.4 Å². The Labute approximate surface area is 192 Å². The average molecular weight is 453 g/mol. The number of ether oxygens (including phenoxy) is 3. The van der Waals surface area contributed by atoms with Crippen molar-refractivity contribution in [1.29, 1.82) is 0 Å². The fourth-order valence-corrected chi connectivity index (χ4v) is 4.25. The van der Waals surface area contributed by atoms with E-state index in [1.54, 1.807) is 53.3 Å². The Balaban J connectivity index is 1.49. The highest BCUT2D eigenvalue weighted by Crippen LogP contribution is 2.37. The summed E-state index contributed by atoms with van der Waals surface area (Å²) in [5.41, 5.74) is 1.79. The van der Waals surface area contributed by atoms with E-state index in [0.29, 0.717) is 47.3 Å². The van der Waals surface area contributed by atoms with Gasteiger partial charge in [0.2, 0.25) is 17.7 Å². The number of carbonyl (C=O) groups is 3. The Hall–Kier alpha value is -3.75. The molecule has 0 aliphatic carbocycles. The zero-order chi connectivity index (χ0) is 23.5. The van der Waals surface area contributed by atoms with Crippen LogP contribution in [0.3, 0.4) is 0 Å². The Morgan fingerprint density at radius 3 is 2.36 bits per heavy atom. The molecule has 1 N–H and O–H groups in total. The molecule has 0 saturated carbocycles. The van der Waals surface area contributed by atoms with Crippen molar-refractivity contribution in [3.05, 3.63) is 36.4 Å². The number of benzene rings is 2. The maximum Gasteiger partial charge on any atom is 0.229 e. The molecule has 9 heteroatoms. The summed E-state index contributed by atoms with van der Waals surface area (Å²) in [6.07, 6.45) is 1.42. The fourth-order valence-electron chi connectivity index (χ4n) is 4.25. The summed E-state index contributed by atoms with van der Waals surface area (Å²) < 4.78 is 16.1. The lowest BCUT2D eigenvalue weighted by Crippen LogP contribution is -2.28. The van der Waals surface area contributed by atoms with Gasteiger partial charge in [0, 0.05) is 43.8 Å². The van der Waals surface area contributed by atoms with Gasteiger partial charge in [-0.3, -0.25) is 14.4 Å². The summed E-state index contributed by atoms with van der Waals surface area (Å²) in [5, 5.41) is 2.87. The maximum absolute atomic E-state index is 13.0. The third-order valence-electron chi connectivity index (χ3n) is 5.98. The molecule has 1 atom stereocenters. The normalized spacial score (nSPS) is 18.0. The molecule has 0 aromatic heterocycles. The molecule has 2 fully saturated rings. The topological polar surface area (TPSA) is 97.4 Å². The van der Waals surface area contributed by atoms with Crippen molar-refractivity contribution in [3.8, 4) is 17.2 Å². The molecule has 4 rings (SSSR count). The van der Waals surface area contributed by atoms with Gasteiger partial charge in [-0.1, -0.05) is 0 Å². The van der Waals surface area contributed by atoms with E-state index in [1.165, 1.54) is 14.2 Å². The molecule has 1 unspecified atom stereocenters. The van der Waals surface area contributed by atoms with Crippen LogP contribution < -0.4 is 29.3 Å². The molecule has 0 bridgehead atoms. The van der Waals surface area contributed by atoms with Gasteiger partial charge < -0.3 is 29.3 Å². The second kappa shape index (κ2) is 9.40. The van der Waals surface area contributed by atoms with Crippen molar-refractivity contribution in [1.82, 2.24) is 0 Å². The summed E-state index contributed by atoms with van der Waals surface area (Å²) in [6.45, 7) is 0.875. The Morgan fingerprint density at radius 1 is 0.909 bits per heavy atom. The summed E-state index contributed by atoms with van der Waals surface area (Å²) in [4.78, 5) is 41.0. The standard InChI is InChI=1S/C24H27N3O6/c1-31-17-7-9-20(32-2)19(13-17)27-14-15(11-23(27)29)24(30)25-16-6-8-18(21(12-16)33-3)26-10-4-5-22(26)28/h6-9,12-13,15H,4-5,10-11,14H2,1-3H3,(H,25,30). The quantitative estimate of drug-likeness (QED) is 0.693.